The Kier molecular flexibility index (Phi) is 9.30. The van der Waals surface area contributed by atoms with Gasteiger partial charge in [-0.15, -0.1) is 11.3 Å². The fourth-order valence-corrected chi connectivity index (χ4v) is 14.6. The molecule has 1 nitrogen and oxygen atoms in total. The summed E-state index contributed by atoms with van der Waals surface area (Å²) in [6, 6.07) is 72.3. The molecule has 3 aliphatic rings. The van der Waals surface area contributed by atoms with Crippen LogP contribution in [0.5, 0.6) is 0 Å². The Morgan fingerprint density at radius 2 is 0.944 bits per heavy atom. The van der Waals surface area contributed by atoms with Gasteiger partial charge < -0.3 is 4.90 Å². The summed E-state index contributed by atoms with van der Waals surface area (Å²) in [5.41, 5.74) is 24.2. The summed E-state index contributed by atoms with van der Waals surface area (Å²) >= 11 is 1.98. The Labute approximate surface area is 424 Å². The molecule has 3 aliphatic carbocycles. The fraction of sp³-hybridized carbons (Fsp3) is 0.217. The maximum absolute atomic E-state index is 2.59. The number of fused-ring (bicyclic) bond motifs is 13. The summed E-state index contributed by atoms with van der Waals surface area (Å²) in [4.78, 5) is 2.59. The number of hydrogen-bond donors (Lipinski definition) is 0. The summed E-state index contributed by atoms with van der Waals surface area (Å²) in [5.74, 6) is 0. The van der Waals surface area contributed by atoms with Crippen molar-refractivity contribution in [2.24, 2.45) is 0 Å². The van der Waals surface area contributed by atoms with E-state index in [1.54, 1.807) is 0 Å². The minimum Gasteiger partial charge on any atom is -0.310 e. The Balaban J connectivity index is 1.09. The van der Waals surface area contributed by atoms with Gasteiger partial charge in [0, 0.05) is 47.9 Å². The first-order valence-corrected chi connectivity index (χ1v) is 26.4. The quantitative estimate of drug-likeness (QED) is 0.166. The average Bonchev–Trinajstić information content (AvgIpc) is 4.03. The van der Waals surface area contributed by atoms with E-state index in [0.717, 1.165) is 5.69 Å². The van der Waals surface area contributed by atoms with Gasteiger partial charge in [0.1, 0.15) is 0 Å². The number of rotatable bonds is 5. The first-order chi connectivity index (χ1) is 34.0. The van der Waals surface area contributed by atoms with Crippen LogP contribution in [0.15, 0.2) is 188 Å². The maximum atomic E-state index is 2.59. The number of anilines is 3. The molecular formula is C69H61NS. The van der Waals surface area contributed by atoms with Gasteiger partial charge >= 0.3 is 0 Å². The molecule has 0 spiro atoms. The number of benzene rings is 9. The highest BCUT2D eigenvalue weighted by Crippen LogP contribution is 2.61. The van der Waals surface area contributed by atoms with Crippen LogP contribution in [0.3, 0.4) is 0 Å². The van der Waals surface area contributed by atoms with E-state index in [9.17, 15) is 0 Å². The minimum absolute atomic E-state index is 0.00550. The van der Waals surface area contributed by atoms with Crippen LogP contribution in [0.4, 0.5) is 17.1 Å². The van der Waals surface area contributed by atoms with Crippen LogP contribution >= 0.6 is 11.3 Å². The maximum Gasteiger partial charge on any atom is 0.0713 e. The van der Waals surface area contributed by atoms with Crippen molar-refractivity contribution >= 4 is 48.6 Å². The second-order valence-corrected chi connectivity index (χ2v) is 24.7. The SMILES string of the molecule is CC(C)(C)c1cc(C(C)(C)C)c2sc3ccc4c(c3c2c1)-c1c(N(c2ccc(C3(c5ccccc5)c5ccccc5-c5ccccc53)cc2)c2ccc3c(c2)C(C)(C)c2ccccc2-3)cccc1C4(C)C. The van der Waals surface area contributed by atoms with E-state index >= 15 is 0 Å². The monoisotopic (exact) mass is 935 g/mol. The van der Waals surface area contributed by atoms with Gasteiger partial charge in [0.2, 0.25) is 0 Å². The van der Waals surface area contributed by atoms with Gasteiger partial charge in [0.05, 0.1) is 11.1 Å². The molecule has 1 heterocycles. The van der Waals surface area contributed by atoms with Crippen LogP contribution in [0, 0.1) is 0 Å². The zero-order valence-electron chi connectivity index (χ0n) is 42.8. The molecule has 0 bridgehead atoms. The van der Waals surface area contributed by atoms with Crippen molar-refractivity contribution in [1.82, 2.24) is 0 Å². The van der Waals surface area contributed by atoms with Gasteiger partial charge in [-0.05, 0) is 137 Å². The summed E-state index contributed by atoms with van der Waals surface area (Å²) in [7, 11) is 0. The third-order valence-electron chi connectivity index (χ3n) is 16.8. The van der Waals surface area contributed by atoms with E-state index in [4.69, 9.17) is 0 Å². The van der Waals surface area contributed by atoms with E-state index in [1.807, 2.05) is 11.3 Å². The van der Waals surface area contributed by atoms with Crippen molar-refractivity contribution in [1.29, 1.82) is 0 Å². The largest absolute Gasteiger partial charge is 0.310 e. The van der Waals surface area contributed by atoms with Gasteiger partial charge in [-0.2, -0.15) is 0 Å². The highest BCUT2D eigenvalue weighted by Gasteiger charge is 2.46. The molecule has 0 fully saturated rings. The first kappa shape index (κ1) is 44.0. The lowest BCUT2D eigenvalue weighted by Gasteiger charge is -2.35. The predicted octanol–water partition coefficient (Wildman–Crippen LogP) is 19.1. The minimum atomic E-state index is -0.485. The molecule has 348 valence electrons. The molecule has 0 aliphatic heterocycles. The lowest BCUT2D eigenvalue weighted by molar-refractivity contribution is 0.573. The molecule has 9 aromatic carbocycles. The van der Waals surface area contributed by atoms with Crippen LogP contribution in [-0.2, 0) is 27.1 Å². The second-order valence-electron chi connectivity index (χ2n) is 23.7. The standard InChI is InChI=1S/C69H61NS/c1-65(2,3)44-39-51-61-60(71-64(51)58(40-44)66(4,5)6)38-37-56-63(61)62-55(68(56,9)10)29-20-30-59(62)70(46-35-36-50-47-23-14-17-26-52(47)67(7,8)57(50)41-46)45-33-31-43(32-34-45)69(42-21-12-11-13-22-42)53-27-18-15-24-48(53)49-25-16-19-28-54(49)69/h11-41H,1-10H3. The Morgan fingerprint density at radius 3 is 1.59 bits per heavy atom. The van der Waals surface area contributed by atoms with Crippen molar-refractivity contribution in [3.05, 3.63) is 244 Å². The van der Waals surface area contributed by atoms with E-state index in [-0.39, 0.29) is 21.7 Å². The number of thiophene rings is 1. The normalized spacial score (nSPS) is 15.5. The highest BCUT2D eigenvalue weighted by molar-refractivity contribution is 7.26. The van der Waals surface area contributed by atoms with Crippen LogP contribution < -0.4 is 4.90 Å². The molecule has 0 radical (unpaired) electrons. The van der Waals surface area contributed by atoms with E-state index in [1.165, 1.54) is 121 Å². The van der Waals surface area contributed by atoms with Crippen LogP contribution in [0.25, 0.3) is 53.6 Å². The van der Waals surface area contributed by atoms with Crippen molar-refractivity contribution in [2.75, 3.05) is 4.90 Å². The average molecular weight is 936 g/mol. The number of nitrogens with zero attached hydrogens (tertiary/aromatic N) is 1. The first-order valence-electron chi connectivity index (χ1n) is 25.6. The summed E-state index contributed by atoms with van der Waals surface area (Å²) in [5, 5.41) is 2.77. The van der Waals surface area contributed by atoms with E-state index in [2.05, 4.69) is 262 Å². The number of hydrogen-bond acceptors (Lipinski definition) is 2. The highest BCUT2D eigenvalue weighted by atomic mass is 32.1. The zero-order chi connectivity index (χ0) is 49.0. The summed E-state index contributed by atoms with van der Waals surface area (Å²) < 4.78 is 2.76. The molecule has 71 heavy (non-hydrogen) atoms. The Morgan fingerprint density at radius 1 is 0.408 bits per heavy atom. The van der Waals surface area contributed by atoms with Crippen LogP contribution in [0.1, 0.15) is 125 Å². The smallest absolute Gasteiger partial charge is 0.0713 e. The van der Waals surface area contributed by atoms with Crippen molar-refractivity contribution in [2.45, 2.75) is 96.3 Å². The van der Waals surface area contributed by atoms with Crippen molar-refractivity contribution < 1.29 is 0 Å². The molecule has 13 rings (SSSR count). The fourth-order valence-electron chi connectivity index (χ4n) is 13.2. The van der Waals surface area contributed by atoms with Crippen molar-refractivity contribution in [3.8, 4) is 33.4 Å². The van der Waals surface area contributed by atoms with Gasteiger partial charge in [-0.3, -0.25) is 0 Å². The van der Waals surface area contributed by atoms with Crippen molar-refractivity contribution in [3.63, 3.8) is 0 Å². The molecule has 10 aromatic rings. The van der Waals surface area contributed by atoms with Gasteiger partial charge in [-0.1, -0.05) is 215 Å². The topological polar surface area (TPSA) is 3.24 Å². The molecule has 0 atom stereocenters. The third-order valence-corrected chi connectivity index (χ3v) is 18.0. The van der Waals surface area contributed by atoms with Gasteiger partial charge in [-0.25, -0.2) is 0 Å². The molecule has 2 heteroatoms. The molecule has 0 saturated heterocycles. The van der Waals surface area contributed by atoms with E-state index in [0.29, 0.717) is 0 Å². The predicted molar refractivity (Wildman–Crippen MR) is 304 cm³/mol. The van der Waals surface area contributed by atoms with Crippen LogP contribution in [-0.4, -0.2) is 0 Å². The molecular weight excluding hydrogens is 875 g/mol. The van der Waals surface area contributed by atoms with Crippen LogP contribution in [0.2, 0.25) is 0 Å². The molecule has 0 amide bonds. The van der Waals surface area contributed by atoms with E-state index < -0.39 is 5.41 Å². The Hall–Kier alpha value is -7.00. The lowest BCUT2D eigenvalue weighted by atomic mass is 9.68. The third kappa shape index (κ3) is 6.10. The molecule has 0 unspecified atom stereocenters. The lowest BCUT2D eigenvalue weighted by Crippen LogP contribution is -2.28. The summed E-state index contributed by atoms with van der Waals surface area (Å²) in [6.45, 7) is 23.9. The van der Waals surface area contributed by atoms with Gasteiger partial charge in [0.25, 0.3) is 0 Å². The van der Waals surface area contributed by atoms with Gasteiger partial charge in [0.15, 0.2) is 0 Å². The second kappa shape index (κ2) is 15.0. The molecule has 1 aromatic heterocycles. The molecule has 0 saturated carbocycles. The molecule has 0 N–H and O–H groups in total. The zero-order valence-corrected chi connectivity index (χ0v) is 43.6. The summed E-state index contributed by atoms with van der Waals surface area (Å²) in [6.07, 6.45) is 0. The Bertz CT molecular complexity index is 3780.